The van der Waals surface area contributed by atoms with Gasteiger partial charge in [-0.05, 0) is 12.1 Å². The number of carbonyl (C=O) groups is 2. The molecule has 0 bridgehead atoms. The third kappa shape index (κ3) is 3.46. The number of esters is 1. The van der Waals surface area contributed by atoms with Crippen LogP contribution in [0, 0.1) is 0 Å². The first-order valence-corrected chi connectivity index (χ1v) is 6.09. The van der Waals surface area contributed by atoms with Gasteiger partial charge in [0.05, 0.1) is 17.4 Å². The number of ether oxygens (including phenoxy) is 2. The summed E-state index contributed by atoms with van der Waals surface area (Å²) in [5, 5.41) is 2.62. The van der Waals surface area contributed by atoms with E-state index in [2.05, 4.69) is 18.8 Å². The molecule has 0 unspecified atom stereocenters. The second-order valence-electron chi connectivity index (χ2n) is 3.58. The summed E-state index contributed by atoms with van der Waals surface area (Å²) < 4.78 is 17.4. The zero-order valence-electron chi connectivity index (χ0n) is 10.1. The predicted octanol–water partition coefficient (Wildman–Crippen LogP) is 0.819. The Balaban J connectivity index is 1.95. The number of amides is 1. The van der Waals surface area contributed by atoms with E-state index < -0.39 is 11.9 Å². The maximum Gasteiger partial charge on any atom is 0.332 e. The molecule has 1 aromatic carbocycles. The number of anilines is 1. The zero-order chi connectivity index (χ0) is 13.7. The Labute approximate surface area is 112 Å². The van der Waals surface area contributed by atoms with Crippen molar-refractivity contribution in [2.75, 3.05) is 25.6 Å². The van der Waals surface area contributed by atoms with Gasteiger partial charge in [-0.3, -0.25) is 4.79 Å². The number of aromatic nitrogens is 2. The maximum atomic E-state index is 11.6. The van der Waals surface area contributed by atoms with Gasteiger partial charge in [-0.25, -0.2) is 4.79 Å². The van der Waals surface area contributed by atoms with Gasteiger partial charge in [0.2, 0.25) is 0 Å². The minimum Gasteiger partial charge on any atom is -0.454 e. The molecule has 0 radical (unpaired) electrons. The summed E-state index contributed by atoms with van der Waals surface area (Å²) in [6, 6.07) is 5.27. The number of hydrogen-bond donors (Lipinski definition) is 1. The lowest BCUT2D eigenvalue weighted by Gasteiger charge is -2.06. The Bertz CT molecular complexity index is 598. The topological polar surface area (TPSA) is 90.4 Å². The van der Waals surface area contributed by atoms with Crippen molar-refractivity contribution < 1.29 is 19.1 Å². The molecular weight excluding hydrogens is 270 g/mol. The number of hydrogen-bond acceptors (Lipinski definition) is 7. The lowest BCUT2D eigenvalue weighted by molar-refractivity contribution is -0.150. The fourth-order valence-corrected chi connectivity index (χ4v) is 1.95. The lowest BCUT2D eigenvalue weighted by atomic mass is 10.2. The van der Waals surface area contributed by atoms with Crippen molar-refractivity contribution >= 4 is 40.3 Å². The third-order valence-electron chi connectivity index (χ3n) is 2.19. The van der Waals surface area contributed by atoms with Crippen molar-refractivity contribution in [3.8, 4) is 0 Å². The van der Waals surface area contributed by atoms with Gasteiger partial charge in [-0.2, -0.15) is 8.75 Å². The number of methoxy groups -OCH3 is 1. The molecule has 0 saturated heterocycles. The highest BCUT2D eigenvalue weighted by molar-refractivity contribution is 7.00. The Morgan fingerprint density at radius 1 is 1.32 bits per heavy atom. The van der Waals surface area contributed by atoms with Crippen molar-refractivity contribution in [2.45, 2.75) is 0 Å². The van der Waals surface area contributed by atoms with Gasteiger partial charge in [-0.1, -0.05) is 6.07 Å². The molecule has 1 amide bonds. The van der Waals surface area contributed by atoms with Crippen LogP contribution in [0.25, 0.3) is 11.0 Å². The van der Waals surface area contributed by atoms with Gasteiger partial charge in [0, 0.05) is 7.11 Å². The molecule has 1 aromatic heterocycles. The van der Waals surface area contributed by atoms with Crippen LogP contribution in [-0.2, 0) is 19.1 Å². The summed E-state index contributed by atoms with van der Waals surface area (Å²) in [5.41, 5.74) is 1.86. The van der Waals surface area contributed by atoms with Crippen LogP contribution in [0.2, 0.25) is 0 Å². The van der Waals surface area contributed by atoms with E-state index in [0.29, 0.717) is 16.7 Å². The van der Waals surface area contributed by atoms with Crippen LogP contribution >= 0.6 is 11.7 Å². The Morgan fingerprint density at radius 2 is 2.16 bits per heavy atom. The van der Waals surface area contributed by atoms with E-state index in [1.807, 2.05) is 0 Å². The summed E-state index contributed by atoms with van der Waals surface area (Å²) in [6.07, 6.45) is 0. The Kier molecular flexibility index (Phi) is 4.37. The summed E-state index contributed by atoms with van der Waals surface area (Å²) >= 11 is 1.07. The number of benzene rings is 1. The van der Waals surface area contributed by atoms with Gasteiger partial charge in [0.15, 0.2) is 6.61 Å². The Hall–Kier alpha value is -2.06. The standard InChI is InChI=1S/C11H11N3O4S/c1-17-6-10(16)18-5-9(15)12-7-3-2-4-8-11(7)14-19-13-8/h2-4H,5-6H2,1H3,(H,12,15). The summed E-state index contributed by atoms with van der Waals surface area (Å²) in [4.78, 5) is 22.6. The average molecular weight is 281 g/mol. The molecule has 0 aliphatic heterocycles. The molecule has 0 saturated carbocycles. The molecule has 8 heteroatoms. The first kappa shape index (κ1) is 13.4. The average Bonchev–Trinajstić information content (AvgIpc) is 2.86. The summed E-state index contributed by atoms with van der Waals surface area (Å²) in [5.74, 6) is -1.03. The zero-order valence-corrected chi connectivity index (χ0v) is 10.9. The highest BCUT2D eigenvalue weighted by Crippen LogP contribution is 2.20. The normalized spacial score (nSPS) is 10.4. The van der Waals surface area contributed by atoms with E-state index in [1.54, 1.807) is 18.2 Å². The van der Waals surface area contributed by atoms with Gasteiger partial charge >= 0.3 is 5.97 Å². The SMILES string of the molecule is COCC(=O)OCC(=O)Nc1cccc2nsnc12. The molecule has 1 heterocycles. The van der Waals surface area contributed by atoms with Crippen molar-refractivity contribution in [1.29, 1.82) is 0 Å². The second-order valence-corrected chi connectivity index (χ2v) is 4.11. The van der Waals surface area contributed by atoms with Crippen LogP contribution in [0.15, 0.2) is 18.2 Å². The minimum absolute atomic E-state index is 0.182. The van der Waals surface area contributed by atoms with Gasteiger partial charge in [0.1, 0.15) is 17.6 Å². The summed E-state index contributed by atoms with van der Waals surface area (Å²) in [6.45, 7) is -0.547. The van der Waals surface area contributed by atoms with E-state index in [1.165, 1.54) is 7.11 Å². The molecule has 0 spiro atoms. The molecule has 19 heavy (non-hydrogen) atoms. The molecule has 100 valence electrons. The second kappa shape index (κ2) is 6.21. The quantitative estimate of drug-likeness (QED) is 0.816. The molecule has 1 N–H and O–H groups in total. The number of nitrogens with one attached hydrogen (secondary N) is 1. The first-order chi connectivity index (χ1) is 9.20. The van der Waals surface area contributed by atoms with E-state index in [0.717, 1.165) is 11.7 Å². The monoisotopic (exact) mass is 281 g/mol. The highest BCUT2D eigenvalue weighted by atomic mass is 32.1. The Morgan fingerprint density at radius 3 is 2.95 bits per heavy atom. The molecule has 0 aliphatic carbocycles. The van der Waals surface area contributed by atoms with Crippen molar-refractivity contribution in [3.63, 3.8) is 0 Å². The molecule has 2 rings (SSSR count). The number of nitrogens with zero attached hydrogens (tertiary/aromatic N) is 2. The van der Waals surface area contributed by atoms with Crippen LogP contribution in [0.5, 0.6) is 0 Å². The van der Waals surface area contributed by atoms with Crippen LogP contribution in [0.4, 0.5) is 5.69 Å². The van der Waals surface area contributed by atoms with E-state index >= 15 is 0 Å². The fourth-order valence-electron chi connectivity index (χ4n) is 1.40. The maximum absolute atomic E-state index is 11.6. The van der Waals surface area contributed by atoms with Crippen LogP contribution in [0.1, 0.15) is 0 Å². The number of rotatable bonds is 5. The van der Waals surface area contributed by atoms with E-state index in [4.69, 9.17) is 4.74 Å². The third-order valence-corrected chi connectivity index (χ3v) is 2.73. The predicted molar refractivity (Wildman–Crippen MR) is 68.9 cm³/mol. The van der Waals surface area contributed by atoms with Crippen molar-refractivity contribution in [2.24, 2.45) is 0 Å². The van der Waals surface area contributed by atoms with Crippen molar-refractivity contribution in [3.05, 3.63) is 18.2 Å². The summed E-state index contributed by atoms with van der Waals surface area (Å²) in [7, 11) is 1.37. The first-order valence-electron chi connectivity index (χ1n) is 5.36. The van der Waals surface area contributed by atoms with Crippen molar-refractivity contribution in [1.82, 2.24) is 8.75 Å². The van der Waals surface area contributed by atoms with Crippen LogP contribution in [0.3, 0.4) is 0 Å². The fraction of sp³-hybridized carbons (Fsp3) is 0.273. The molecule has 0 fully saturated rings. The molecular formula is C11H11N3O4S. The number of fused-ring (bicyclic) bond motifs is 1. The highest BCUT2D eigenvalue weighted by Gasteiger charge is 2.10. The molecule has 7 nitrogen and oxygen atoms in total. The van der Waals surface area contributed by atoms with Gasteiger partial charge < -0.3 is 14.8 Å². The number of carbonyl (C=O) groups excluding carboxylic acids is 2. The minimum atomic E-state index is -0.591. The molecule has 2 aromatic rings. The van der Waals surface area contributed by atoms with Crippen LogP contribution in [-0.4, -0.2) is 40.9 Å². The van der Waals surface area contributed by atoms with Gasteiger partial charge in [-0.15, -0.1) is 0 Å². The molecule has 0 aliphatic rings. The lowest BCUT2D eigenvalue weighted by Crippen LogP contribution is -2.22. The molecule has 0 atom stereocenters. The largest absolute Gasteiger partial charge is 0.454 e. The van der Waals surface area contributed by atoms with E-state index in [9.17, 15) is 9.59 Å². The van der Waals surface area contributed by atoms with Gasteiger partial charge in [0.25, 0.3) is 5.91 Å². The van der Waals surface area contributed by atoms with Crippen LogP contribution < -0.4 is 5.32 Å². The smallest absolute Gasteiger partial charge is 0.332 e. The van der Waals surface area contributed by atoms with E-state index in [-0.39, 0.29) is 13.2 Å².